The Kier molecular flexibility index (Phi) is 4.99. The SMILES string of the molecule is CC(CNCc1cccnc1)C1CCCCC1. The smallest absolute Gasteiger partial charge is 0.0312 e. The van der Waals surface area contributed by atoms with Gasteiger partial charge in [-0.1, -0.05) is 45.1 Å². The van der Waals surface area contributed by atoms with Gasteiger partial charge in [0, 0.05) is 18.9 Å². The Balaban J connectivity index is 1.67. The Morgan fingerprint density at radius 3 is 2.88 bits per heavy atom. The van der Waals surface area contributed by atoms with E-state index in [1.165, 1.54) is 37.7 Å². The summed E-state index contributed by atoms with van der Waals surface area (Å²) in [5.41, 5.74) is 1.28. The van der Waals surface area contributed by atoms with Crippen molar-refractivity contribution < 1.29 is 0 Å². The molecule has 0 amide bonds. The molecule has 94 valence electrons. The monoisotopic (exact) mass is 232 g/mol. The fraction of sp³-hybridized carbons (Fsp3) is 0.667. The van der Waals surface area contributed by atoms with Crippen LogP contribution in [-0.2, 0) is 6.54 Å². The van der Waals surface area contributed by atoms with Crippen molar-refractivity contribution in [2.45, 2.75) is 45.6 Å². The molecule has 0 radical (unpaired) electrons. The maximum Gasteiger partial charge on any atom is 0.0312 e. The molecule has 1 aliphatic carbocycles. The second-order valence-corrected chi connectivity index (χ2v) is 5.37. The Morgan fingerprint density at radius 1 is 1.35 bits per heavy atom. The minimum Gasteiger partial charge on any atom is -0.312 e. The molecule has 2 heteroatoms. The number of aromatic nitrogens is 1. The van der Waals surface area contributed by atoms with Crippen molar-refractivity contribution in [1.29, 1.82) is 0 Å². The molecule has 1 aromatic rings. The van der Waals surface area contributed by atoms with E-state index < -0.39 is 0 Å². The van der Waals surface area contributed by atoms with E-state index in [9.17, 15) is 0 Å². The average molecular weight is 232 g/mol. The molecule has 1 atom stereocenters. The fourth-order valence-electron chi connectivity index (χ4n) is 2.82. The highest BCUT2D eigenvalue weighted by molar-refractivity contribution is 5.07. The molecule has 1 N–H and O–H groups in total. The van der Waals surface area contributed by atoms with Gasteiger partial charge < -0.3 is 5.32 Å². The summed E-state index contributed by atoms with van der Waals surface area (Å²) in [4.78, 5) is 4.13. The molecule has 0 bridgehead atoms. The van der Waals surface area contributed by atoms with Crippen LogP contribution in [0.15, 0.2) is 24.5 Å². The first-order chi connectivity index (χ1) is 8.36. The summed E-state index contributed by atoms with van der Waals surface area (Å²) in [5.74, 6) is 1.76. The van der Waals surface area contributed by atoms with Crippen molar-refractivity contribution in [2.24, 2.45) is 11.8 Å². The van der Waals surface area contributed by atoms with Crippen LogP contribution in [0.5, 0.6) is 0 Å². The van der Waals surface area contributed by atoms with Crippen LogP contribution in [0.1, 0.15) is 44.6 Å². The molecule has 0 saturated heterocycles. The topological polar surface area (TPSA) is 24.9 Å². The van der Waals surface area contributed by atoms with Gasteiger partial charge in [0.1, 0.15) is 0 Å². The minimum atomic E-state index is 0.812. The molecule has 2 rings (SSSR count). The Labute approximate surface area is 105 Å². The van der Waals surface area contributed by atoms with Gasteiger partial charge >= 0.3 is 0 Å². The van der Waals surface area contributed by atoms with E-state index in [-0.39, 0.29) is 0 Å². The molecule has 1 heterocycles. The highest BCUT2D eigenvalue weighted by Gasteiger charge is 2.19. The van der Waals surface area contributed by atoms with Crippen LogP contribution in [0.3, 0.4) is 0 Å². The lowest BCUT2D eigenvalue weighted by Gasteiger charge is -2.27. The van der Waals surface area contributed by atoms with Crippen molar-refractivity contribution in [3.63, 3.8) is 0 Å². The van der Waals surface area contributed by atoms with E-state index >= 15 is 0 Å². The predicted octanol–water partition coefficient (Wildman–Crippen LogP) is 3.39. The zero-order valence-corrected chi connectivity index (χ0v) is 10.9. The van der Waals surface area contributed by atoms with Crippen LogP contribution in [0.4, 0.5) is 0 Å². The van der Waals surface area contributed by atoms with E-state index in [2.05, 4.69) is 23.3 Å². The van der Waals surface area contributed by atoms with Gasteiger partial charge in [-0.15, -0.1) is 0 Å². The van der Waals surface area contributed by atoms with Crippen molar-refractivity contribution in [3.8, 4) is 0 Å². The summed E-state index contributed by atoms with van der Waals surface area (Å²) < 4.78 is 0. The first-order valence-corrected chi connectivity index (χ1v) is 6.96. The summed E-state index contributed by atoms with van der Waals surface area (Å²) in [7, 11) is 0. The van der Waals surface area contributed by atoms with Gasteiger partial charge in [-0.2, -0.15) is 0 Å². The molecular weight excluding hydrogens is 208 g/mol. The van der Waals surface area contributed by atoms with Gasteiger partial charge in [0.05, 0.1) is 0 Å². The van der Waals surface area contributed by atoms with Gasteiger partial charge in [-0.25, -0.2) is 0 Å². The largest absolute Gasteiger partial charge is 0.312 e. The Bertz CT molecular complexity index is 304. The van der Waals surface area contributed by atoms with Gasteiger partial charge in [-0.05, 0) is 30.0 Å². The molecular formula is C15H24N2. The number of nitrogens with zero attached hydrogens (tertiary/aromatic N) is 1. The molecule has 2 nitrogen and oxygen atoms in total. The van der Waals surface area contributed by atoms with Gasteiger partial charge in [-0.3, -0.25) is 4.98 Å². The molecule has 0 spiro atoms. The molecule has 17 heavy (non-hydrogen) atoms. The third-order valence-electron chi connectivity index (χ3n) is 3.97. The van der Waals surface area contributed by atoms with Crippen LogP contribution in [0.25, 0.3) is 0 Å². The standard InChI is InChI=1S/C15H24N2/c1-13(15-7-3-2-4-8-15)10-17-12-14-6-5-9-16-11-14/h5-6,9,11,13,15,17H,2-4,7-8,10,12H2,1H3. The van der Waals surface area contributed by atoms with E-state index in [1.54, 1.807) is 0 Å². The molecule has 0 aliphatic heterocycles. The normalized spacial score (nSPS) is 19.1. The highest BCUT2D eigenvalue weighted by Crippen LogP contribution is 2.29. The zero-order chi connectivity index (χ0) is 11.9. The number of hydrogen-bond acceptors (Lipinski definition) is 2. The maximum atomic E-state index is 4.13. The van der Waals surface area contributed by atoms with Crippen molar-refractivity contribution in [2.75, 3.05) is 6.54 Å². The average Bonchev–Trinajstić information content (AvgIpc) is 2.41. The summed E-state index contributed by atoms with van der Waals surface area (Å²) in [6, 6.07) is 4.13. The third-order valence-corrected chi connectivity index (χ3v) is 3.97. The highest BCUT2D eigenvalue weighted by atomic mass is 14.9. The van der Waals surface area contributed by atoms with Crippen LogP contribution in [0, 0.1) is 11.8 Å². The molecule has 0 aromatic carbocycles. The van der Waals surface area contributed by atoms with Crippen LogP contribution in [-0.4, -0.2) is 11.5 Å². The molecule has 1 aliphatic rings. The molecule has 1 unspecified atom stereocenters. The summed E-state index contributed by atoms with van der Waals surface area (Å²) in [5, 5.41) is 3.56. The lowest BCUT2D eigenvalue weighted by molar-refractivity contribution is 0.256. The van der Waals surface area contributed by atoms with Crippen molar-refractivity contribution in [1.82, 2.24) is 10.3 Å². The quantitative estimate of drug-likeness (QED) is 0.841. The number of rotatable bonds is 5. The van der Waals surface area contributed by atoms with Crippen LogP contribution >= 0.6 is 0 Å². The Hall–Kier alpha value is -0.890. The second-order valence-electron chi connectivity index (χ2n) is 5.37. The maximum absolute atomic E-state index is 4.13. The molecule has 1 aromatic heterocycles. The van der Waals surface area contributed by atoms with E-state index in [0.717, 1.165) is 24.9 Å². The summed E-state index contributed by atoms with van der Waals surface area (Å²) >= 11 is 0. The molecule has 1 fully saturated rings. The summed E-state index contributed by atoms with van der Waals surface area (Å²) in [6.45, 7) is 4.48. The van der Waals surface area contributed by atoms with E-state index in [1.807, 2.05) is 18.5 Å². The Morgan fingerprint density at radius 2 is 2.18 bits per heavy atom. The number of hydrogen-bond donors (Lipinski definition) is 1. The van der Waals surface area contributed by atoms with Crippen LogP contribution < -0.4 is 5.32 Å². The number of nitrogens with one attached hydrogen (secondary N) is 1. The van der Waals surface area contributed by atoms with E-state index in [0.29, 0.717) is 0 Å². The van der Waals surface area contributed by atoms with Crippen molar-refractivity contribution >= 4 is 0 Å². The lowest BCUT2D eigenvalue weighted by atomic mass is 9.81. The van der Waals surface area contributed by atoms with E-state index in [4.69, 9.17) is 0 Å². The van der Waals surface area contributed by atoms with Gasteiger partial charge in [0.2, 0.25) is 0 Å². The van der Waals surface area contributed by atoms with Crippen LogP contribution in [0.2, 0.25) is 0 Å². The predicted molar refractivity (Wildman–Crippen MR) is 71.7 cm³/mol. The van der Waals surface area contributed by atoms with Gasteiger partial charge in [0.15, 0.2) is 0 Å². The summed E-state index contributed by atoms with van der Waals surface area (Å²) in [6.07, 6.45) is 11.0. The third kappa shape index (κ3) is 4.12. The second kappa shape index (κ2) is 6.75. The fourth-order valence-corrected chi connectivity index (χ4v) is 2.82. The molecule has 1 saturated carbocycles. The number of pyridine rings is 1. The van der Waals surface area contributed by atoms with Crippen molar-refractivity contribution in [3.05, 3.63) is 30.1 Å². The lowest BCUT2D eigenvalue weighted by Crippen LogP contribution is -2.27. The first-order valence-electron chi connectivity index (χ1n) is 6.96. The zero-order valence-electron chi connectivity index (χ0n) is 10.9. The first kappa shape index (κ1) is 12.6. The minimum absolute atomic E-state index is 0.812. The van der Waals surface area contributed by atoms with Gasteiger partial charge in [0.25, 0.3) is 0 Å².